The Kier molecular flexibility index (Phi) is 5.56. The summed E-state index contributed by atoms with van der Waals surface area (Å²) in [5.41, 5.74) is 0.649. The van der Waals surface area contributed by atoms with E-state index in [2.05, 4.69) is 20.6 Å². The first-order valence-electron chi connectivity index (χ1n) is 6.97. The van der Waals surface area contributed by atoms with Crippen LogP contribution in [0.3, 0.4) is 0 Å². The minimum absolute atomic E-state index is 0.154. The number of ether oxygens (including phenoxy) is 1. The third-order valence-electron chi connectivity index (χ3n) is 3.16. The average molecular weight is 296 g/mol. The van der Waals surface area contributed by atoms with Gasteiger partial charge in [0.2, 0.25) is 0 Å². The van der Waals surface area contributed by atoms with Crippen molar-refractivity contribution in [3.05, 3.63) is 18.2 Å². The number of H-pyrrole nitrogens is 1. The highest BCUT2D eigenvalue weighted by atomic mass is 16.5. The topological polar surface area (TPSA) is 116 Å². The molecule has 0 radical (unpaired) electrons. The highest BCUT2D eigenvalue weighted by Crippen LogP contribution is 2.28. The SMILES string of the molecule is O=C(NCCOCC1CC1)N[C@H](Cc1cnc[nH]1)C(=O)O. The first kappa shape index (κ1) is 15.3. The molecule has 0 saturated heterocycles. The van der Waals surface area contributed by atoms with Crippen LogP contribution in [0.4, 0.5) is 4.79 Å². The minimum atomic E-state index is -1.09. The van der Waals surface area contributed by atoms with Crippen LogP contribution in [-0.2, 0) is 16.0 Å². The molecule has 1 fully saturated rings. The highest BCUT2D eigenvalue weighted by Gasteiger charge is 2.22. The third-order valence-corrected chi connectivity index (χ3v) is 3.16. The molecule has 0 aromatic carbocycles. The minimum Gasteiger partial charge on any atom is -0.480 e. The molecule has 2 rings (SSSR count). The van der Waals surface area contributed by atoms with Crippen LogP contribution in [0.2, 0.25) is 0 Å². The molecular formula is C13H20N4O4. The van der Waals surface area contributed by atoms with E-state index in [1.54, 1.807) is 0 Å². The summed E-state index contributed by atoms with van der Waals surface area (Å²) in [5.74, 6) is -0.408. The number of amides is 2. The smallest absolute Gasteiger partial charge is 0.326 e. The predicted octanol–water partition coefficient (Wildman–Crippen LogP) is 0.131. The van der Waals surface area contributed by atoms with Gasteiger partial charge in [-0.25, -0.2) is 14.6 Å². The van der Waals surface area contributed by atoms with Gasteiger partial charge >= 0.3 is 12.0 Å². The van der Waals surface area contributed by atoms with Gasteiger partial charge in [0.25, 0.3) is 0 Å². The molecule has 1 atom stereocenters. The number of aromatic nitrogens is 2. The van der Waals surface area contributed by atoms with Crippen LogP contribution in [-0.4, -0.2) is 52.9 Å². The molecule has 1 saturated carbocycles. The predicted molar refractivity (Wildman–Crippen MR) is 73.8 cm³/mol. The van der Waals surface area contributed by atoms with Gasteiger partial charge in [0.05, 0.1) is 12.9 Å². The normalized spacial score (nSPS) is 15.4. The van der Waals surface area contributed by atoms with Crippen molar-refractivity contribution >= 4 is 12.0 Å². The Morgan fingerprint density at radius 2 is 2.33 bits per heavy atom. The summed E-state index contributed by atoms with van der Waals surface area (Å²) in [6.45, 7) is 1.53. The van der Waals surface area contributed by atoms with Crippen molar-refractivity contribution in [3.8, 4) is 0 Å². The molecule has 0 spiro atoms. The maximum absolute atomic E-state index is 11.6. The second kappa shape index (κ2) is 7.63. The molecular weight excluding hydrogens is 276 g/mol. The van der Waals surface area contributed by atoms with Crippen LogP contribution >= 0.6 is 0 Å². The Morgan fingerprint density at radius 1 is 1.52 bits per heavy atom. The number of imidazole rings is 1. The summed E-state index contributed by atoms with van der Waals surface area (Å²) >= 11 is 0. The molecule has 21 heavy (non-hydrogen) atoms. The van der Waals surface area contributed by atoms with Crippen molar-refractivity contribution in [2.24, 2.45) is 5.92 Å². The van der Waals surface area contributed by atoms with Crippen molar-refractivity contribution in [1.82, 2.24) is 20.6 Å². The summed E-state index contributed by atoms with van der Waals surface area (Å²) in [6.07, 6.45) is 5.59. The lowest BCUT2D eigenvalue weighted by Crippen LogP contribution is -2.47. The second-order valence-electron chi connectivity index (χ2n) is 5.09. The van der Waals surface area contributed by atoms with Crippen LogP contribution < -0.4 is 10.6 Å². The Bertz CT molecular complexity index is 459. The first-order chi connectivity index (χ1) is 10.1. The van der Waals surface area contributed by atoms with E-state index in [4.69, 9.17) is 9.84 Å². The third kappa shape index (κ3) is 5.82. The quantitative estimate of drug-likeness (QED) is 0.483. The number of nitrogens with one attached hydrogen (secondary N) is 3. The number of urea groups is 1. The van der Waals surface area contributed by atoms with E-state index in [0.29, 0.717) is 24.8 Å². The number of nitrogens with zero attached hydrogens (tertiary/aromatic N) is 1. The number of hydrogen-bond donors (Lipinski definition) is 4. The molecule has 1 aliphatic rings. The van der Waals surface area contributed by atoms with Crippen molar-refractivity contribution in [3.63, 3.8) is 0 Å². The summed E-state index contributed by atoms with van der Waals surface area (Å²) in [7, 11) is 0. The summed E-state index contributed by atoms with van der Waals surface area (Å²) in [5, 5.41) is 14.1. The van der Waals surface area contributed by atoms with E-state index in [1.165, 1.54) is 25.4 Å². The Balaban J connectivity index is 1.64. The van der Waals surface area contributed by atoms with Gasteiger partial charge in [-0.2, -0.15) is 0 Å². The molecule has 4 N–H and O–H groups in total. The van der Waals surface area contributed by atoms with Gasteiger partial charge in [-0.15, -0.1) is 0 Å². The van der Waals surface area contributed by atoms with Crippen LogP contribution in [0.15, 0.2) is 12.5 Å². The number of hydrogen-bond acceptors (Lipinski definition) is 4. The van der Waals surface area contributed by atoms with Gasteiger partial charge in [-0.05, 0) is 18.8 Å². The molecule has 0 bridgehead atoms. The van der Waals surface area contributed by atoms with E-state index < -0.39 is 18.0 Å². The number of rotatable bonds is 9. The number of aromatic amines is 1. The van der Waals surface area contributed by atoms with Gasteiger partial charge in [0, 0.05) is 31.5 Å². The van der Waals surface area contributed by atoms with Crippen LogP contribution in [0.1, 0.15) is 18.5 Å². The number of carbonyl (C=O) groups excluding carboxylic acids is 1. The van der Waals surface area contributed by atoms with E-state index in [9.17, 15) is 9.59 Å². The molecule has 8 nitrogen and oxygen atoms in total. The summed E-state index contributed by atoms with van der Waals surface area (Å²) < 4.78 is 5.37. The van der Waals surface area contributed by atoms with E-state index in [0.717, 1.165) is 6.61 Å². The molecule has 1 aliphatic carbocycles. The number of carboxylic acid groups (broad SMARTS) is 1. The van der Waals surface area contributed by atoms with E-state index >= 15 is 0 Å². The molecule has 2 amide bonds. The van der Waals surface area contributed by atoms with Crippen molar-refractivity contribution in [1.29, 1.82) is 0 Å². The second-order valence-corrected chi connectivity index (χ2v) is 5.09. The largest absolute Gasteiger partial charge is 0.480 e. The molecule has 1 aromatic rings. The fourth-order valence-electron chi connectivity index (χ4n) is 1.80. The zero-order valence-corrected chi connectivity index (χ0v) is 11.7. The maximum atomic E-state index is 11.6. The van der Waals surface area contributed by atoms with E-state index in [1.807, 2.05) is 0 Å². The molecule has 0 unspecified atom stereocenters. The van der Waals surface area contributed by atoms with Crippen molar-refractivity contribution in [2.75, 3.05) is 19.8 Å². The highest BCUT2D eigenvalue weighted by molar-refractivity contribution is 5.82. The first-order valence-corrected chi connectivity index (χ1v) is 6.97. The standard InChI is InChI=1S/C13H20N4O4/c18-12(19)11(5-10-6-14-8-16-10)17-13(20)15-3-4-21-7-9-1-2-9/h6,8-9,11H,1-5,7H2,(H,14,16)(H,18,19)(H2,15,17,20)/t11-/m1/s1. The van der Waals surface area contributed by atoms with Gasteiger partial charge < -0.3 is 25.5 Å². The fourth-order valence-corrected chi connectivity index (χ4v) is 1.80. The molecule has 1 aromatic heterocycles. The number of carboxylic acids is 1. The molecule has 0 aliphatic heterocycles. The molecule has 8 heteroatoms. The van der Waals surface area contributed by atoms with Crippen LogP contribution in [0.25, 0.3) is 0 Å². The monoisotopic (exact) mass is 296 g/mol. The fraction of sp³-hybridized carbons (Fsp3) is 0.615. The number of carbonyl (C=O) groups is 2. The average Bonchev–Trinajstić information content (AvgIpc) is 3.12. The number of aliphatic carboxylic acids is 1. The van der Waals surface area contributed by atoms with Crippen LogP contribution in [0.5, 0.6) is 0 Å². The van der Waals surface area contributed by atoms with Gasteiger partial charge in [0.1, 0.15) is 6.04 Å². The lowest BCUT2D eigenvalue weighted by atomic mass is 10.2. The Labute approximate surface area is 122 Å². The summed E-state index contributed by atoms with van der Waals surface area (Å²) in [4.78, 5) is 29.4. The van der Waals surface area contributed by atoms with Crippen molar-refractivity contribution < 1.29 is 19.4 Å². The maximum Gasteiger partial charge on any atom is 0.326 e. The van der Waals surface area contributed by atoms with E-state index in [-0.39, 0.29) is 6.42 Å². The lowest BCUT2D eigenvalue weighted by molar-refractivity contribution is -0.139. The zero-order chi connectivity index (χ0) is 15.1. The van der Waals surface area contributed by atoms with Gasteiger partial charge in [-0.1, -0.05) is 0 Å². The Morgan fingerprint density at radius 3 is 2.95 bits per heavy atom. The van der Waals surface area contributed by atoms with Crippen molar-refractivity contribution in [2.45, 2.75) is 25.3 Å². The molecule has 1 heterocycles. The van der Waals surface area contributed by atoms with Gasteiger partial charge in [-0.3, -0.25) is 0 Å². The lowest BCUT2D eigenvalue weighted by Gasteiger charge is -2.14. The zero-order valence-electron chi connectivity index (χ0n) is 11.7. The van der Waals surface area contributed by atoms with Gasteiger partial charge in [0.15, 0.2) is 0 Å². The molecule has 116 valence electrons. The van der Waals surface area contributed by atoms with Crippen LogP contribution in [0, 0.1) is 5.92 Å². The summed E-state index contributed by atoms with van der Waals surface area (Å²) in [6, 6.07) is -1.52. The Hall–Kier alpha value is -2.09.